The minimum absolute atomic E-state index is 0.153. The van der Waals surface area contributed by atoms with E-state index in [9.17, 15) is 14.3 Å². The topological polar surface area (TPSA) is 104 Å². The molecule has 0 radical (unpaired) electrons. The van der Waals surface area contributed by atoms with Gasteiger partial charge in [-0.25, -0.2) is 14.4 Å². The van der Waals surface area contributed by atoms with Gasteiger partial charge < -0.3 is 20.5 Å². The van der Waals surface area contributed by atoms with Gasteiger partial charge >= 0.3 is 0 Å². The second-order valence-electron chi connectivity index (χ2n) is 10.5. The van der Waals surface area contributed by atoms with E-state index in [-0.39, 0.29) is 17.8 Å². The van der Waals surface area contributed by atoms with Crippen molar-refractivity contribution < 1.29 is 19.0 Å². The number of rotatable bonds is 6. The molecule has 2 saturated heterocycles. The van der Waals surface area contributed by atoms with Crippen LogP contribution in [0.25, 0.3) is 16.9 Å². The van der Waals surface area contributed by atoms with Gasteiger partial charge in [0.1, 0.15) is 17.3 Å². The number of likely N-dealkylation sites (tertiary alicyclic amines) is 1. The number of amides is 1. The van der Waals surface area contributed by atoms with Gasteiger partial charge in [-0.3, -0.25) is 14.1 Å². The van der Waals surface area contributed by atoms with Gasteiger partial charge in [-0.15, -0.1) is 0 Å². The number of hydrogen-bond acceptors (Lipinski definition) is 7. The van der Waals surface area contributed by atoms with Crippen molar-refractivity contribution in [1.29, 1.82) is 0 Å². The van der Waals surface area contributed by atoms with E-state index in [1.807, 2.05) is 22.6 Å². The summed E-state index contributed by atoms with van der Waals surface area (Å²) < 4.78 is 21.2. The molecule has 2 atom stereocenters. The molecule has 1 amide bonds. The molecule has 3 aliphatic heterocycles. The van der Waals surface area contributed by atoms with Crippen LogP contribution in [0.2, 0.25) is 0 Å². The van der Waals surface area contributed by atoms with E-state index in [1.54, 1.807) is 12.4 Å². The third kappa shape index (κ3) is 4.44. The normalized spacial score (nSPS) is 21.0. The van der Waals surface area contributed by atoms with Gasteiger partial charge in [-0.1, -0.05) is 12.1 Å². The maximum Gasteiger partial charge on any atom is 0.254 e. The Balaban J connectivity index is 1.24. The van der Waals surface area contributed by atoms with Crippen LogP contribution >= 0.6 is 0 Å². The summed E-state index contributed by atoms with van der Waals surface area (Å²) in [5, 5.41) is 16.4. The molecule has 9 nitrogen and oxygen atoms in total. The average Bonchev–Trinajstić information content (AvgIpc) is 3.73. The van der Waals surface area contributed by atoms with Crippen LogP contribution in [0.3, 0.4) is 0 Å². The summed E-state index contributed by atoms with van der Waals surface area (Å²) in [6.45, 7) is 3.97. The number of fused-ring (bicyclic) bond motifs is 2. The maximum atomic E-state index is 13.7. The van der Waals surface area contributed by atoms with Gasteiger partial charge in [0.2, 0.25) is 0 Å². The number of anilines is 2. The second-order valence-corrected chi connectivity index (χ2v) is 10.5. The summed E-state index contributed by atoms with van der Waals surface area (Å²) in [7, 11) is 0. The number of nitrogens with zero attached hydrogens (tertiary/aromatic N) is 4. The van der Waals surface area contributed by atoms with E-state index < -0.39 is 0 Å². The first-order valence-corrected chi connectivity index (χ1v) is 13.4. The number of hydrogen-bond donors (Lipinski definition) is 3. The predicted molar refractivity (Wildman–Crippen MR) is 143 cm³/mol. The number of carbonyl (C=O) groups excluding carboxylic acids is 1. The zero-order valence-electron chi connectivity index (χ0n) is 21.4. The molecular formula is C29H29FN6O3. The lowest BCUT2D eigenvalue weighted by Crippen LogP contribution is -2.23. The minimum atomic E-state index is -0.347. The van der Waals surface area contributed by atoms with Crippen LogP contribution in [0.15, 0.2) is 48.8 Å². The van der Waals surface area contributed by atoms with Crippen LogP contribution in [-0.4, -0.2) is 62.7 Å². The first-order chi connectivity index (χ1) is 19.0. The van der Waals surface area contributed by atoms with Crippen LogP contribution in [0.5, 0.6) is 0 Å². The number of aromatic nitrogens is 3. The molecule has 3 aliphatic rings. The van der Waals surface area contributed by atoms with Crippen LogP contribution in [-0.2, 0) is 17.8 Å². The number of imidazole rings is 1. The van der Waals surface area contributed by atoms with Crippen molar-refractivity contribution in [3.05, 3.63) is 77.0 Å². The summed E-state index contributed by atoms with van der Waals surface area (Å²) in [6, 6.07) is 10.7. The maximum absolute atomic E-state index is 13.7. The van der Waals surface area contributed by atoms with Crippen molar-refractivity contribution in [2.45, 2.75) is 38.0 Å². The molecule has 4 aromatic rings. The van der Waals surface area contributed by atoms with Crippen molar-refractivity contribution in [1.82, 2.24) is 24.6 Å². The number of benzene rings is 1. The van der Waals surface area contributed by atoms with Crippen LogP contribution in [0.4, 0.5) is 15.9 Å². The van der Waals surface area contributed by atoms with E-state index in [1.165, 1.54) is 17.7 Å². The zero-order chi connectivity index (χ0) is 26.5. The fourth-order valence-corrected chi connectivity index (χ4v) is 6.01. The van der Waals surface area contributed by atoms with Gasteiger partial charge in [0.25, 0.3) is 5.91 Å². The van der Waals surface area contributed by atoms with Gasteiger partial charge in [-0.2, -0.15) is 0 Å². The highest BCUT2D eigenvalue weighted by molar-refractivity contribution is 6.06. The van der Waals surface area contributed by atoms with Crippen LogP contribution < -0.4 is 10.6 Å². The number of carbonyl (C=O) groups is 1. The Morgan fingerprint density at radius 1 is 1.21 bits per heavy atom. The number of nitrogens with one attached hydrogen (secondary N) is 2. The van der Waals surface area contributed by atoms with Gasteiger partial charge in [-0.05, 0) is 42.2 Å². The van der Waals surface area contributed by atoms with Crippen LogP contribution in [0, 0.1) is 5.82 Å². The molecule has 2 fully saturated rings. The van der Waals surface area contributed by atoms with E-state index in [2.05, 4.69) is 26.6 Å². The summed E-state index contributed by atoms with van der Waals surface area (Å²) in [5.41, 5.74) is 6.43. The molecule has 1 aromatic carbocycles. The Morgan fingerprint density at radius 2 is 2.13 bits per heavy atom. The average molecular weight is 529 g/mol. The standard InChI is InChI=1S/C29H29FN6O3/c30-18-5-9-36-25(13-31-27(36)11-18)21-1-3-23(28-22(21)12-32-29(28)38)33-26-4-2-20(17-7-10-39-16-17)24(34-26)15-35-8-6-19(37)14-35/h1-5,9,11,13,17,19,37H,6-8,10,12,14-16H2,(H,32,38)(H,33,34)/t17-,19+/m1/s1. The monoisotopic (exact) mass is 528 g/mol. The molecule has 3 N–H and O–H groups in total. The highest BCUT2D eigenvalue weighted by Crippen LogP contribution is 2.36. The fraction of sp³-hybridized carbons (Fsp3) is 0.345. The van der Waals surface area contributed by atoms with E-state index in [0.717, 1.165) is 48.5 Å². The quantitative estimate of drug-likeness (QED) is 0.351. The molecule has 3 aromatic heterocycles. The molecular weight excluding hydrogens is 499 g/mol. The number of aliphatic hydroxyl groups excluding tert-OH is 1. The third-order valence-corrected chi connectivity index (χ3v) is 7.98. The Labute approximate surface area is 224 Å². The highest BCUT2D eigenvalue weighted by atomic mass is 19.1. The molecule has 0 unspecified atom stereocenters. The van der Waals surface area contributed by atoms with Crippen molar-refractivity contribution in [3.63, 3.8) is 0 Å². The van der Waals surface area contributed by atoms with Gasteiger partial charge in [0, 0.05) is 56.5 Å². The van der Waals surface area contributed by atoms with Crippen molar-refractivity contribution in [2.24, 2.45) is 0 Å². The third-order valence-electron chi connectivity index (χ3n) is 7.98. The van der Waals surface area contributed by atoms with Gasteiger partial charge in [0.05, 0.1) is 41.5 Å². The number of β-amino-alcohol motifs (C(OH)–C–C–N with tert-alkyl or cyclic N) is 1. The Morgan fingerprint density at radius 3 is 2.95 bits per heavy atom. The molecule has 39 heavy (non-hydrogen) atoms. The lowest BCUT2D eigenvalue weighted by molar-refractivity contribution is 0.0966. The molecule has 0 aliphatic carbocycles. The summed E-state index contributed by atoms with van der Waals surface area (Å²) in [4.78, 5) is 24.6. The number of ether oxygens (including phenoxy) is 1. The predicted octanol–water partition coefficient (Wildman–Crippen LogP) is 3.59. The number of aliphatic hydroxyl groups is 1. The SMILES string of the molecule is O=C1NCc2c(-c3cnc4cc(F)ccn34)ccc(Nc3ccc([C@@H]4CCOC4)c(CN4CC[C@H](O)C4)n3)c21. The second kappa shape index (κ2) is 9.71. The smallest absolute Gasteiger partial charge is 0.254 e. The summed E-state index contributed by atoms with van der Waals surface area (Å²) >= 11 is 0. The Bertz CT molecular complexity index is 1580. The van der Waals surface area contributed by atoms with Crippen molar-refractivity contribution >= 4 is 23.1 Å². The largest absolute Gasteiger partial charge is 0.392 e. The van der Waals surface area contributed by atoms with E-state index in [4.69, 9.17) is 9.72 Å². The molecule has 6 heterocycles. The molecule has 10 heteroatoms. The van der Waals surface area contributed by atoms with Crippen molar-refractivity contribution in [2.75, 3.05) is 31.6 Å². The molecule has 0 bridgehead atoms. The fourth-order valence-electron chi connectivity index (χ4n) is 6.01. The molecule has 0 spiro atoms. The lowest BCUT2D eigenvalue weighted by Gasteiger charge is -2.21. The van der Waals surface area contributed by atoms with Gasteiger partial charge in [0.15, 0.2) is 0 Å². The molecule has 200 valence electrons. The first kappa shape index (κ1) is 24.2. The lowest BCUT2D eigenvalue weighted by atomic mass is 9.96. The summed E-state index contributed by atoms with van der Waals surface area (Å²) in [5.74, 6) is 0.468. The molecule has 7 rings (SSSR count). The number of halogens is 1. The van der Waals surface area contributed by atoms with E-state index >= 15 is 0 Å². The minimum Gasteiger partial charge on any atom is -0.392 e. The first-order valence-electron chi connectivity index (χ1n) is 13.4. The van der Waals surface area contributed by atoms with E-state index in [0.29, 0.717) is 54.9 Å². The Kier molecular flexibility index (Phi) is 6.03. The Hall–Kier alpha value is -3.86. The highest BCUT2D eigenvalue weighted by Gasteiger charge is 2.29. The van der Waals surface area contributed by atoms with Crippen LogP contribution in [0.1, 0.15) is 45.9 Å². The van der Waals surface area contributed by atoms with Crippen molar-refractivity contribution in [3.8, 4) is 11.3 Å². The molecule has 0 saturated carbocycles. The number of pyridine rings is 2. The summed E-state index contributed by atoms with van der Waals surface area (Å²) in [6.07, 6.45) is 4.80. The zero-order valence-corrected chi connectivity index (χ0v) is 21.4.